The molecule has 0 saturated heterocycles. The highest BCUT2D eigenvalue weighted by molar-refractivity contribution is 9.10. The van der Waals surface area contributed by atoms with E-state index in [0.717, 1.165) is 51.1 Å². The Bertz CT molecular complexity index is 2480. The summed E-state index contributed by atoms with van der Waals surface area (Å²) < 4.78 is 4.73. The van der Waals surface area contributed by atoms with Gasteiger partial charge in [0.1, 0.15) is 6.54 Å². The molecule has 0 amide bonds. The number of hydrogen-bond donors (Lipinski definition) is 0. The number of nitrogens with zero attached hydrogens (tertiary/aromatic N) is 2. The van der Waals surface area contributed by atoms with Crippen molar-refractivity contribution in [2.75, 3.05) is 18.0 Å². The van der Waals surface area contributed by atoms with Crippen molar-refractivity contribution in [1.29, 1.82) is 0 Å². The molecule has 0 radical (unpaired) electrons. The van der Waals surface area contributed by atoms with Crippen LogP contribution in [0.4, 0.5) is 11.4 Å². The third-order valence-corrected chi connectivity index (χ3v) is 12.7. The van der Waals surface area contributed by atoms with E-state index < -0.39 is 0 Å². The number of halogens is 3. The highest BCUT2D eigenvalue weighted by Gasteiger charge is 2.45. The Balaban J connectivity index is 1.23. The van der Waals surface area contributed by atoms with E-state index in [1.807, 2.05) is 0 Å². The molecule has 0 N–H and O–H groups in total. The minimum atomic E-state index is -0.186. The number of allylic oxidation sites excluding steroid dienone is 8. The summed E-state index contributed by atoms with van der Waals surface area (Å²) >= 11 is 14.8. The molecule has 8 rings (SSSR count). The highest BCUT2D eigenvalue weighted by atomic mass is 79.9. The summed E-state index contributed by atoms with van der Waals surface area (Å²) in [7, 11) is 0. The molecule has 2 nitrogen and oxygen atoms in total. The molecule has 3 aliphatic rings. The maximum atomic E-state index is 7.47. The smallest absolute Gasteiger partial charge is 0.210 e. The molecule has 0 atom stereocenters. The van der Waals surface area contributed by atoms with Gasteiger partial charge in [-0.15, -0.1) is 0 Å². The minimum absolute atomic E-state index is 0.186. The number of anilines is 1. The molecule has 0 spiro atoms. The van der Waals surface area contributed by atoms with E-state index in [0.29, 0.717) is 0 Å². The van der Waals surface area contributed by atoms with Crippen LogP contribution in [0.1, 0.15) is 76.6 Å². The van der Waals surface area contributed by atoms with Gasteiger partial charge in [0.25, 0.3) is 0 Å². The lowest BCUT2D eigenvalue weighted by atomic mass is 9.79. The zero-order chi connectivity index (χ0) is 36.5. The van der Waals surface area contributed by atoms with Crippen molar-refractivity contribution in [1.82, 2.24) is 0 Å². The first-order valence-corrected chi connectivity index (χ1v) is 20.4. The van der Waals surface area contributed by atoms with E-state index in [2.05, 4.69) is 192 Å². The summed E-state index contributed by atoms with van der Waals surface area (Å²) in [6.45, 7) is 15.9. The predicted octanol–water partition coefficient (Wildman–Crippen LogP) is 14.0. The van der Waals surface area contributed by atoms with Crippen LogP contribution < -0.4 is 4.90 Å². The maximum absolute atomic E-state index is 7.47. The normalized spacial score (nSPS) is 18.9. The van der Waals surface area contributed by atoms with Gasteiger partial charge in [0, 0.05) is 67.6 Å². The van der Waals surface area contributed by atoms with E-state index in [1.165, 1.54) is 66.6 Å². The molecule has 2 aliphatic heterocycles. The standard InChI is InChI=1S/C47H44Br2ClN2/c1-7-25-51-39-21-13-29-27-31(48)15-17-33(29)43(39)46(3,4)41(51)23-19-37-35-11-9-10-12-36(35)38(45(37)50)20-24-42-47(5,6)44-34-18-16-32(49)28-30(34)14-22-40(44)52(42)26-8-2/h9-24,27-28H,7-8,25-26H2,1-6H3/q+1. The first-order valence-electron chi connectivity index (χ1n) is 18.5. The van der Waals surface area contributed by atoms with Crippen molar-refractivity contribution in [2.45, 2.75) is 65.2 Å². The van der Waals surface area contributed by atoms with Crippen LogP contribution in [0, 0.1) is 0 Å². The summed E-state index contributed by atoms with van der Waals surface area (Å²) in [5.74, 6) is 0. The Morgan fingerprint density at radius 3 is 2.04 bits per heavy atom. The molecule has 5 aromatic carbocycles. The Kier molecular flexibility index (Phi) is 9.04. The second-order valence-corrected chi connectivity index (χ2v) is 17.5. The third-order valence-electron chi connectivity index (χ3n) is 11.3. The minimum Gasteiger partial charge on any atom is -0.344 e. The van der Waals surface area contributed by atoms with Crippen molar-refractivity contribution < 1.29 is 4.58 Å². The topological polar surface area (TPSA) is 6.25 Å². The van der Waals surface area contributed by atoms with E-state index >= 15 is 0 Å². The molecular weight excluding hydrogens is 788 g/mol. The Morgan fingerprint density at radius 1 is 0.712 bits per heavy atom. The molecule has 0 fully saturated rings. The Hall–Kier alpha value is -3.70. The van der Waals surface area contributed by atoms with Crippen molar-refractivity contribution >= 4 is 93.2 Å². The number of rotatable bonds is 7. The van der Waals surface area contributed by atoms with Crippen LogP contribution in [-0.2, 0) is 10.8 Å². The maximum Gasteiger partial charge on any atom is 0.210 e. The van der Waals surface area contributed by atoms with E-state index in [1.54, 1.807) is 0 Å². The van der Waals surface area contributed by atoms with Gasteiger partial charge in [-0.1, -0.05) is 120 Å². The van der Waals surface area contributed by atoms with Gasteiger partial charge in [-0.25, -0.2) is 0 Å². The Labute approximate surface area is 330 Å². The van der Waals surface area contributed by atoms with Crippen molar-refractivity contribution in [2.24, 2.45) is 0 Å². The van der Waals surface area contributed by atoms with Crippen LogP contribution in [0.5, 0.6) is 0 Å². The average Bonchev–Trinajstić information content (AvgIpc) is 3.60. The third kappa shape index (κ3) is 5.51. The van der Waals surface area contributed by atoms with Crippen LogP contribution in [-0.4, -0.2) is 23.4 Å². The molecule has 262 valence electrons. The van der Waals surface area contributed by atoms with Crippen molar-refractivity contribution in [3.63, 3.8) is 0 Å². The average molecular weight is 832 g/mol. The lowest BCUT2D eigenvalue weighted by Gasteiger charge is -2.27. The lowest BCUT2D eigenvalue weighted by molar-refractivity contribution is -0.437. The summed E-state index contributed by atoms with van der Waals surface area (Å²) in [6.07, 6.45) is 11.3. The summed E-state index contributed by atoms with van der Waals surface area (Å²) in [5.41, 5.74) is 12.1. The number of benzene rings is 5. The van der Waals surface area contributed by atoms with E-state index in [9.17, 15) is 0 Å². The molecule has 5 aromatic rings. The number of fused-ring (bicyclic) bond motifs is 7. The van der Waals surface area contributed by atoms with Crippen LogP contribution in [0.2, 0.25) is 0 Å². The largest absolute Gasteiger partial charge is 0.344 e. The molecule has 52 heavy (non-hydrogen) atoms. The van der Waals surface area contributed by atoms with Gasteiger partial charge in [-0.2, -0.15) is 4.58 Å². The molecule has 0 saturated carbocycles. The second kappa shape index (κ2) is 13.3. The molecular formula is C47H44Br2ClN2+. The van der Waals surface area contributed by atoms with Gasteiger partial charge in [0.15, 0.2) is 5.71 Å². The molecule has 0 unspecified atom stereocenters. The van der Waals surface area contributed by atoms with E-state index in [4.69, 9.17) is 11.6 Å². The van der Waals surface area contributed by atoms with Crippen molar-refractivity contribution in [3.8, 4) is 0 Å². The first-order chi connectivity index (χ1) is 25.0. The summed E-state index contributed by atoms with van der Waals surface area (Å²) in [5, 5.41) is 5.94. The summed E-state index contributed by atoms with van der Waals surface area (Å²) in [4.78, 5) is 2.52. The van der Waals surface area contributed by atoms with Gasteiger partial charge >= 0.3 is 0 Å². The van der Waals surface area contributed by atoms with E-state index in [-0.39, 0.29) is 10.8 Å². The number of hydrogen-bond acceptors (Lipinski definition) is 1. The zero-order valence-corrected chi connectivity index (χ0v) is 34.7. The first kappa shape index (κ1) is 35.3. The van der Waals surface area contributed by atoms with Crippen molar-refractivity contribution in [3.05, 3.63) is 151 Å². The molecule has 0 bridgehead atoms. The molecule has 1 aliphatic carbocycles. The van der Waals surface area contributed by atoms with Gasteiger partial charge in [0.05, 0.1) is 10.4 Å². The fourth-order valence-corrected chi connectivity index (χ4v) is 10.1. The second-order valence-electron chi connectivity index (χ2n) is 15.3. The SMILES string of the molecule is CCCN1/C(=C/C=C2C(Cl)=C(/C=C/C3=[N+](CCC)c4ccc5cc(Br)ccc5c4C3(C)C)c3ccccc3/2)C(C)(C)c2c1ccc1cc(Br)ccc21. The van der Waals surface area contributed by atoms with Crippen LogP contribution in [0.25, 0.3) is 32.7 Å². The van der Waals surface area contributed by atoms with Crippen LogP contribution in [0.3, 0.4) is 0 Å². The molecule has 2 heterocycles. The van der Waals surface area contributed by atoms with Gasteiger partial charge in [0.2, 0.25) is 5.69 Å². The van der Waals surface area contributed by atoms with Crippen LogP contribution >= 0.6 is 43.5 Å². The van der Waals surface area contributed by atoms with Gasteiger partial charge in [-0.3, -0.25) is 0 Å². The highest BCUT2D eigenvalue weighted by Crippen LogP contribution is 2.52. The Morgan fingerprint density at radius 2 is 1.37 bits per heavy atom. The monoisotopic (exact) mass is 829 g/mol. The van der Waals surface area contributed by atoms with Gasteiger partial charge in [-0.05, 0) is 107 Å². The molecule has 5 heteroatoms. The summed E-state index contributed by atoms with van der Waals surface area (Å²) in [6, 6.07) is 31.1. The predicted molar refractivity (Wildman–Crippen MR) is 231 cm³/mol. The molecule has 0 aromatic heterocycles. The quantitative estimate of drug-likeness (QED) is 0.148. The lowest BCUT2D eigenvalue weighted by Crippen LogP contribution is -2.28. The van der Waals surface area contributed by atoms with Gasteiger partial charge < -0.3 is 4.90 Å². The fraction of sp³-hybridized carbons (Fsp3) is 0.255. The zero-order valence-electron chi connectivity index (χ0n) is 30.7. The fourth-order valence-electron chi connectivity index (χ4n) is 9.04. The van der Waals surface area contributed by atoms with Crippen LogP contribution in [0.15, 0.2) is 129 Å².